The van der Waals surface area contributed by atoms with Crippen molar-refractivity contribution < 1.29 is 29.7 Å². The van der Waals surface area contributed by atoms with Crippen LogP contribution in [0.25, 0.3) is 0 Å². The second-order valence-electron chi connectivity index (χ2n) is 5.54. The van der Waals surface area contributed by atoms with Gasteiger partial charge in [-0.25, -0.2) is 4.79 Å². The van der Waals surface area contributed by atoms with Crippen molar-refractivity contribution in [2.24, 2.45) is 11.7 Å². The summed E-state index contributed by atoms with van der Waals surface area (Å²) >= 11 is 0. The highest BCUT2D eigenvalue weighted by atomic mass is 16.4. The predicted octanol–water partition coefficient (Wildman–Crippen LogP) is -2.21. The molecule has 0 unspecified atom stereocenters. The fourth-order valence-corrected chi connectivity index (χ4v) is 1.73. The minimum absolute atomic E-state index is 0.175. The van der Waals surface area contributed by atoms with Gasteiger partial charge in [-0.05, 0) is 19.3 Å². The molecule has 128 valence electrons. The molecule has 9 heteroatoms. The first-order valence-electron chi connectivity index (χ1n) is 6.98. The largest absolute Gasteiger partial charge is 0.480 e. The summed E-state index contributed by atoms with van der Waals surface area (Å²) in [6.07, 6.45) is -0.934. The number of aliphatic carboxylic acids is 1. The zero-order valence-corrected chi connectivity index (χ0v) is 12.9. The average molecular weight is 319 g/mol. The SMILES string of the molecule is CC(C)C[C@H](N)C(=O)N[C@@H](CO)C(=O)N[C@H](C(=O)O)[C@@H](C)O. The van der Waals surface area contributed by atoms with Gasteiger partial charge in [0, 0.05) is 0 Å². The second-order valence-corrected chi connectivity index (χ2v) is 5.54. The number of nitrogens with two attached hydrogens (primary N) is 1. The van der Waals surface area contributed by atoms with E-state index in [1.807, 2.05) is 19.2 Å². The van der Waals surface area contributed by atoms with Crippen LogP contribution in [-0.4, -0.2) is 63.9 Å². The monoisotopic (exact) mass is 319 g/mol. The number of nitrogens with one attached hydrogen (secondary N) is 2. The van der Waals surface area contributed by atoms with E-state index in [1.165, 1.54) is 6.92 Å². The topological polar surface area (TPSA) is 162 Å². The summed E-state index contributed by atoms with van der Waals surface area (Å²) in [6, 6.07) is -3.72. The van der Waals surface area contributed by atoms with Crippen LogP contribution in [-0.2, 0) is 14.4 Å². The van der Waals surface area contributed by atoms with E-state index in [4.69, 9.17) is 10.8 Å². The molecule has 9 nitrogen and oxygen atoms in total. The lowest BCUT2D eigenvalue weighted by molar-refractivity contribution is -0.145. The van der Waals surface area contributed by atoms with E-state index >= 15 is 0 Å². The van der Waals surface area contributed by atoms with E-state index in [1.54, 1.807) is 0 Å². The van der Waals surface area contributed by atoms with E-state index in [0.29, 0.717) is 6.42 Å². The number of carboxylic acid groups (broad SMARTS) is 1. The summed E-state index contributed by atoms with van der Waals surface area (Å²) in [5.41, 5.74) is 5.66. The van der Waals surface area contributed by atoms with Crippen molar-refractivity contribution in [1.29, 1.82) is 0 Å². The summed E-state index contributed by atoms with van der Waals surface area (Å²) in [6.45, 7) is 4.23. The third-order valence-corrected chi connectivity index (χ3v) is 2.92. The summed E-state index contributed by atoms with van der Waals surface area (Å²) in [5, 5.41) is 31.6. The Labute approximate surface area is 128 Å². The molecule has 0 aromatic carbocycles. The van der Waals surface area contributed by atoms with Crippen LogP contribution in [0.4, 0.5) is 0 Å². The molecule has 0 aliphatic heterocycles. The van der Waals surface area contributed by atoms with Crippen LogP contribution in [0, 0.1) is 5.92 Å². The molecule has 0 radical (unpaired) electrons. The maximum absolute atomic E-state index is 11.9. The third kappa shape index (κ3) is 6.83. The van der Waals surface area contributed by atoms with Crippen LogP contribution in [0.15, 0.2) is 0 Å². The molecule has 22 heavy (non-hydrogen) atoms. The van der Waals surface area contributed by atoms with Gasteiger partial charge in [-0.2, -0.15) is 0 Å². The summed E-state index contributed by atoms with van der Waals surface area (Å²) in [5.74, 6) is -2.79. The Morgan fingerprint density at radius 1 is 1.09 bits per heavy atom. The molecule has 2 amide bonds. The lowest BCUT2D eigenvalue weighted by Crippen LogP contribution is -2.57. The highest BCUT2D eigenvalue weighted by molar-refractivity contribution is 5.91. The molecular weight excluding hydrogens is 294 g/mol. The van der Waals surface area contributed by atoms with Crippen LogP contribution >= 0.6 is 0 Å². The molecule has 0 bridgehead atoms. The van der Waals surface area contributed by atoms with Crippen molar-refractivity contribution in [2.75, 3.05) is 6.61 Å². The lowest BCUT2D eigenvalue weighted by atomic mass is 10.0. The number of aliphatic hydroxyl groups excluding tert-OH is 2. The van der Waals surface area contributed by atoms with Crippen LogP contribution in [0.1, 0.15) is 27.2 Å². The Balaban J connectivity index is 4.72. The molecule has 0 aliphatic carbocycles. The van der Waals surface area contributed by atoms with Crippen molar-refractivity contribution in [3.05, 3.63) is 0 Å². The number of rotatable bonds is 9. The molecule has 4 atom stereocenters. The van der Waals surface area contributed by atoms with Gasteiger partial charge in [0.1, 0.15) is 6.04 Å². The average Bonchev–Trinajstić information content (AvgIpc) is 2.39. The Morgan fingerprint density at radius 3 is 2.00 bits per heavy atom. The molecule has 7 N–H and O–H groups in total. The molecular formula is C13H25N3O6. The minimum atomic E-state index is -1.54. The van der Waals surface area contributed by atoms with Gasteiger partial charge in [-0.3, -0.25) is 9.59 Å². The molecule has 0 heterocycles. The van der Waals surface area contributed by atoms with Gasteiger partial charge in [0.2, 0.25) is 11.8 Å². The van der Waals surface area contributed by atoms with E-state index in [9.17, 15) is 24.6 Å². The molecule has 0 aromatic rings. The van der Waals surface area contributed by atoms with Crippen molar-refractivity contribution >= 4 is 17.8 Å². The summed E-state index contributed by atoms with van der Waals surface area (Å²) < 4.78 is 0. The fraction of sp³-hybridized carbons (Fsp3) is 0.769. The van der Waals surface area contributed by atoms with E-state index in [-0.39, 0.29) is 5.92 Å². The smallest absolute Gasteiger partial charge is 0.328 e. The Morgan fingerprint density at radius 2 is 1.64 bits per heavy atom. The van der Waals surface area contributed by atoms with Gasteiger partial charge >= 0.3 is 5.97 Å². The number of amides is 2. The molecule has 0 aliphatic rings. The minimum Gasteiger partial charge on any atom is -0.480 e. The first kappa shape index (κ1) is 20.3. The Hall–Kier alpha value is -1.71. The third-order valence-electron chi connectivity index (χ3n) is 2.92. The van der Waals surface area contributed by atoms with Crippen molar-refractivity contribution in [2.45, 2.75) is 51.4 Å². The molecule has 0 spiro atoms. The maximum Gasteiger partial charge on any atom is 0.328 e. The van der Waals surface area contributed by atoms with E-state index < -0.39 is 48.6 Å². The van der Waals surface area contributed by atoms with Crippen LogP contribution in [0.2, 0.25) is 0 Å². The van der Waals surface area contributed by atoms with Gasteiger partial charge < -0.3 is 31.7 Å². The molecule has 0 rings (SSSR count). The second kappa shape index (κ2) is 9.34. The first-order chi connectivity index (χ1) is 10.1. The van der Waals surface area contributed by atoms with Crippen LogP contribution in [0.5, 0.6) is 0 Å². The highest BCUT2D eigenvalue weighted by Crippen LogP contribution is 2.03. The van der Waals surface area contributed by atoms with Crippen LogP contribution < -0.4 is 16.4 Å². The summed E-state index contributed by atoms with van der Waals surface area (Å²) in [7, 11) is 0. The predicted molar refractivity (Wildman–Crippen MR) is 77.7 cm³/mol. The fourth-order valence-electron chi connectivity index (χ4n) is 1.73. The Kier molecular flexibility index (Phi) is 8.61. The van der Waals surface area contributed by atoms with Gasteiger partial charge in [0.05, 0.1) is 18.8 Å². The van der Waals surface area contributed by atoms with Gasteiger partial charge in [0.25, 0.3) is 0 Å². The van der Waals surface area contributed by atoms with E-state index in [2.05, 4.69) is 5.32 Å². The maximum atomic E-state index is 11.9. The van der Waals surface area contributed by atoms with Gasteiger partial charge in [-0.1, -0.05) is 13.8 Å². The van der Waals surface area contributed by atoms with Crippen molar-refractivity contribution in [1.82, 2.24) is 10.6 Å². The zero-order valence-electron chi connectivity index (χ0n) is 12.9. The van der Waals surface area contributed by atoms with E-state index in [0.717, 1.165) is 0 Å². The summed E-state index contributed by atoms with van der Waals surface area (Å²) in [4.78, 5) is 34.6. The zero-order chi connectivity index (χ0) is 17.4. The van der Waals surface area contributed by atoms with Crippen LogP contribution in [0.3, 0.4) is 0 Å². The Bertz CT molecular complexity index is 399. The van der Waals surface area contributed by atoms with Crippen molar-refractivity contribution in [3.63, 3.8) is 0 Å². The quantitative estimate of drug-likeness (QED) is 0.280. The van der Waals surface area contributed by atoms with Crippen molar-refractivity contribution in [3.8, 4) is 0 Å². The molecule has 0 fully saturated rings. The van der Waals surface area contributed by atoms with Gasteiger partial charge in [0.15, 0.2) is 6.04 Å². The number of carbonyl (C=O) groups excluding carboxylic acids is 2. The molecule has 0 saturated heterocycles. The molecule has 0 aromatic heterocycles. The number of aliphatic hydroxyl groups is 2. The van der Waals surface area contributed by atoms with Gasteiger partial charge in [-0.15, -0.1) is 0 Å². The standard InChI is InChI=1S/C13H25N3O6/c1-6(2)4-8(14)11(19)15-9(5-17)12(20)16-10(7(3)18)13(21)22/h6-10,17-18H,4-5,14H2,1-3H3,(H,15,19)(H,16,20)(H,21,22)/t7-,8+,9+,10+/m1/s1. The highest BCUT2D eigenvalue weighted by Gasteiger charge is 2.30. The number of hydrogen-bond acceptors (Lipinski definition) is 6. The lowest BCUT2D eigenvalue weighted by Gasteiger charge is -2.23. The number of carbonyl (C=O) groups is 3. The first-order valence-corrected chi connectivity index (χ1v) is 6.98. The number of hydrogen-bond donors (Lipinski definition) is 6. The number of carboxylic acids is 1. The molecule has 0 saturated carbocycles. The normalized spacial score (nSPS) is 16.5.